The summed E-state index contributed by atoms with van der Waals surface area (Å²) in [5.74, 6) is 1.87. The Kier molecular flexibility index (Phi) is 3.11. The van der Waals surface area contributed by atoms with Crippen molar-refractivity contribution in [1.29, 1.82) is 0 Å². The topological polar surface area (TPSA) is 40.5 Å². The number of fused-ring (bicyclic) bond motifs is 5. The Labute approximate surface area is 128 Å². The summed E-state index contributed by atoms with van der Waals surface area (Å²) < 4.78 is 0. The molecule has 0 aromatic carbocycles. The first-order valence-electron chi connectivity index (χ1n) is 9.01. The van der Waals surface area contributed by atoms with Crippen molar-refractivity contribution in [3.8, 4) is 0 Å². The number of hydrogen-bond donors (Lipinski definition) is 2. The second-order valence-corrected chi connectivity index (χ2v) is 8.86. The fourth-order valence-electron chi connectivity index (χ4n) is 6.67. The zero-order chi connectivity index (χ0) is 14.8. The molecule has 0 saturated heterocycles. The summed E-state index contributed by atoms with van der Waals surface area (Å²) in [4.78, 5) is 0. The molecule has 4 aliphatic rings. The van der Waals surface area contributed by atoms with Crippen molar-refractivity contribution in [3.05, 3.63) is 11.6 Å². The summed E-state index contributed by atoms with van der Waals surface area (Å²) in [6.45, 7) is 4.90. The van der Waals surface area contributed by atoms with Gasteiger partial charge in [0.05, 0.1) is 12.2 Å². The minimum Gasteiger partial charge on any atom is -0.392 e. The molecule has 0 aromatic rings. The zero-order valence-electron chi connectivity index (χ0n) is 13.5. The van der Waals surface area contributed by atoms with Crippen LogP contribution in [0.3, 0.4) is 0 Å². The van der Waals surface area contributed by atoms with Crippen molar-refractivity contribution in [1.82, 2.24) is 0 Å². The van der Waals surface area contributed by atoms with E-state index < -0.39 is 0 Å². The van der Waals surface area contributed by atoms with E-state index in [-0.39, 0.29) is 17.6 Å². The Morgan fingerprint density at radius 2 is 1.81 bits per heavy atom. The van der Waals surface area contributed by atoms with Crippen molar-refractivity contribution in [2.24, 2.45) is 28.6 Å². The molecule has 7 atom stereocenters. The third-order valence-corrected chi connectivity index (χ3v) is 7.89. The molecular weight excluding hydrogens is 260 g/mol. The summed E-state index contributed by atoms with van der Waals surface area (Å²) in [7, 11) is 0. The van der Waals surface area contributed by atoms with E-state index in [0.717, 1.165) is 25.2 Å². The lowest BCUT2D eigenvalue weighted by Crippen LogP contribution is -2.54. The molecule has 0 radical (unpaired) electrons. The van der Waals surface area contributed by atoms with Crippen LogP contribution in [0.4, 0.5) is 0 Å². The Morgan fingerprint density at radius 3 is 2.62 bits per heavy atom. The van der Waals surface area contributed by atoms with Crippen molar-refractivity contribution in [2.75, 3.05) is 0 Å². The van der Waals surface area contributed by atoms with Gasteiger partial charge in [-0.1, -0.05) is 31.9 Å². The molecule has 2 N–H and O–H groups in total. The van der Waals surface area contributed by atoms with Gasteiger partial charge < -0.3 is 10.2 Å². The molecule has 2 nitrogen and oxygen atoms in total. The van der Waals surface area contributed by atoms with Crippen LogP contribution in [0.2, 0.25) is 0 Å². The van der Waals surface area contributed by atoms with E-state index in [1.165, 1.54) is 37.7 Å². The van der Waals surface area contributed by atoms with Crippen molar-refractivity contribution in [3.63, 3.8) is 0 Å². The van der Waals surface area contributed by atoms with Crippen LogP contribution >= 0.6 is 0 Å². The van der Waals surface area contributed by atoms with E-state index in [4.69, 9.17) is 0 Å². The molecule has 3 saturated carbocycles. The van der Waals surface area contributed by atoms with Crippen LogP contribution in [-0.2, 0) is 0 Å². The van der Waals surface area contributed by atoms with Gasteiger partial charge in [0.2, 0.25) is 0 Å². The lowest BCUT2D eigenvalue weighted by molar-refractivity contribution is -0.102. The minimum absolute atomic E-state index is 0.178. The molecule has 0 heterocycles. The molecule has 0 unspecified atom stereocenters. The number of rotatable bonds is 0. The number of hydrogen-bond acceptors (Lipinski definition) is 2. The van der Waals surface area contributed by atoms with Gasteiger partial charge >= 0.3 is 0 Å². The first kappa shape index (κ1) is 14.3. The van der Waals surface area contributed by atoms with Crippen molar-refractivity contribution < 1.29 is 10.2 Å². The molecule has 4 rings (SSSR count). The van der Waals surface area contributed by atoms with Crippen molar-refractivity contribution in [2.45, 2.75) is 77.4 Å². The SMILES string of the molecule is C[C@@]12CCC[C@H]1[C@@H]1[C@H](O)CC3=C[C@@H](O)CC[C@]3(C)[C@H]1CC2. The average Bonchev–Trinajstić information content (AvgIpc) is 2.82. The molecule has 3 fully saturated rings. The Balaban J connectivity index is 1.72. The molecule has 0 spiro atoms. The highest BCUT2D eigenvalue weighted by atomic mass is 16.3. The standard InChI is InChI=1S/C19H30O2/c1-18-7-3-4-14(18)17-15(6-8-18)19(2)9-5-13(20)10-12(19)11-16(17)21/h10,13-17,20-21H,3-9,11H2,1-2H3/t13-,14-,15-,16+,17-,18-,19-/m0/s1. The highest BCUT2D eigenvalue weighted by molar-refractivity contribution is 5.26. The molecule has 0 bridgehead atoms. The summed E-state index contributed by atoms with van der Waals surface area (Å²) in [6.07, 6.45) is 11.1. The van der Waals surface area contributed by atoms with Gasteiger partial charge in [-0.25, -0.2) is 0 Å². The van der Waals surface area contributed by atoms with Crippen molar-refractivity contribution >= 4 is 0 Å². The summed E-state index contributed by atoms with van der Waals surface area (Å²) in [5, 5.41) is 20.9. The van der Waals surface area contributed by atoms with Crippen LogP contribution in [0.1, 0.15) is 65.2 Å². The van der Waals surface area contributed by atoms with Gasteiger partial charge in [-0.3, -0.25) is 0 Å². The molecule has 2 heteroatoms. The third kappa shape index (κ3) is 1.91. The molecule has 0 aliphatic heterocycles. The average molecular weight is 290 g/mol. The first-order valence-corrected chi connectivity index (χ1v) is 9.01. The lowest BCUT2D eigenvalue weighted by atomic mass is 9.47. The summed E-state index contributed by atoms with van der Waals surface area (Å²) in [5.41, 5.74) is 2.10. The second-order valence-electron chi connectivity index (χ2n) is 8.86. The monoisotopic (exact) mass is 290 g/mol. The van der Waals surface area contributed by atoms with Crippen LogP contribution in [0.5, 0.6) is 0 Å². The molecule has 21 heavy (non-hydrogen) atoms. The Hall–Kier alpha value is -0.340. The van der Waals surface area contributed by atoms with E-state index in [0.29, 0.717) is 17.3 Å². The van der Waals surface area contributed by atoms with E-state index in [2.05, 4.69) is 19.9 Å². The van der Waals surface area contributed by atoms with E-state index in [9.17, 15) is 10.2 Å². The third-order valence-electron chi connectivity index (χ3n) is 7.89. The molecular formula is C19H30O2. The number of aliphatic hydroxyl groups excluding tert-OH is 2. The molecule has 118 valence electrons. The van der Waals surface area contributed by atoms with E-state index in [1.807, 2.05) is 0 Å². The van der Waals surface area contributed by atoms with Gasteiger partial charge in [0.1, 0.15) is 0 Å². The Bertz CT molecular complexity index is 470. The molecule has 4 aliphatic carbocycles. The largest absolute Gasteiger partial charge is 0.392 e. The highest BCUT2D eigenvalue weighted by Crippen LogP contribution is 2.65. The maximum absolute atomic E-state index is 10.9. The van der Waals surface area contributed by atoms with Crippen LogP contribution in [0.25, 0.3) is 0 Å². The van der Waals surface area contributed by atoms with Gasteiger partial charge in [0, 0.05) is 0 Å². The summed E-state index contributed by atoms with van der Waals surface area (Å²) in [6, 6.07) is 0. The second kappa shape index (κ2) is 4.58. The summed E-state index contributed by atoms with van der Waals surface area (Å²) >= 11 is 0. The fraction of sp³-hybridized carbons (Fsp3) is 0.895. The quantitative estimate of drug-likeness (QED) is 0.668. The Morgan fingerprint density at radius 1 is 1.00 bits per heavy atom. The van der Waals surface area contributed by atoms with Crippen LogP contribution in [0, 0.1) is 28.6 Å². The molecule has 0 aromatic heterocycles. The highest BCUT2D eigenvalue weighted by Gasteiger charge is 2.58. The van der Waals surface area contributed by atoms with Gasteiger partial charge in [-0.15, -0.1) is 0 Å². The first-order chi connectivity index (χ1) is 9.94. The minimum atomic E-state index is -0.280. The molecule has 0 amide bonds. The van der Waals surface area contributed by atoms with E-state index in [1.54, 1.807) is 0 Å². The smallest absolute Gasteiger partial charge is 0.0724 e. The fourth-order valence-corrected chi connectivity index (χ4v) is 6.67. The van der Waals surface area contributed by atoms with Crippen LogP contribution in [0.15, 0.2) is 11.6 Å². The predicted molar refractivity (Wildman–Crippen MR) is 83.7 cm³/mol. The van der Waals surface area contributed by atoms with Crippen LogP contribution in [-0.4, -0.2) is 22.4 Å². The lowest BCUT2D eigenvalue weighted by Gasteiger charge is -2.59. The van der Waals surface area contributed by atoms with Gasteiger partial charge in [0.15, 0.2) is 0 Å². The van der Waals surface area contributed by atoms with Gasteiger partial charge in [-0.2, -0.15) is 0 Å². The number of aliphatic hydroxyl groups is 2. The van der Waals surface area contributed by atoms with Gasteiger partial charge in [0.25, 0.3) is 0 Å². The maximum atomic E-state index is 10.9. The predicted octanol–water partition coefficient (Wildman–Crippen LogP) is 3.67. The van der Waals surface area contributed by atoms with Gasteiger partial charge in [-0.05, 0) is 73.5 Å². The van der Waals surface area contributed by atoms with Crippen LogP contribution < -0.4 is 0 Å². The zero-order valence-corrected chi connectivity index (χ0v) is 13.5. The normalized spacial score (nSPS) is 56.2. The van der Waals surface area contributed by atoms with E-state index >= 15 is 0 Å². The maximum Gasteiger partial charge on any atom is 0.0724 e.